The van der Waals surface area contributed by atoms with E-state index >= 15 is 0 Å². The molecule has 0 fully saturated rings. The summed E-state index contributed by atoms with van der Waals surface area (Å²) in [6, 6.07) is 10.4. The maximum atomic E-state index is 12.7. The fraction of sp³-hybridized carbons (Fsp3) is 0.391. The zero-order valence-corrected chi connectivity index (χ0v) is 19.9. The first-order valence-electron chi connectivity index (χ1n) is 10.7. The number of carboxylic acid groups (broad SMARTS) is 1. The number of nitrogens with zero attached hydrogens (tertiary/aromatic N) is 1. The van der Waals surface area contributed by atoms with E-state index in [2.05, 4.69) is 4.72 Å². The Hall–Kier alpha value is -2.62. The molecule has 0 aromatic heterocycles. The van der Waals surface area contributed by atoms with E-state index in [0.29, 0.717) is 67.3 Å². The Morgan fingerprint density at radius 2 is 1.94 bits per heavy atom. The molecule has 10 heteroatoms. The van der Waals surface area contributed by atoms with Gasteiger partial charge in [-0.2, -0.15) is 0 Å². The Labute approximate surface area is 198 Å². The molecule has 2 aromatic carbocycles. The lowest BCUT2D eigenvalue weighted by Crippen LogP contribution is -2.32. The Balaban J connectivity index is 1.57. The van der Waals surface area contributed by atoms with Gasteiger partial charge in [-0.15, -0.1) is 0 Å². The Bertz CT molecular complexity index is 1140. The van der Waals surface area contributed by atoms with Crippen LogP contribution in [0.1, 0.15) is 40.7 Å². The molecule has 0 atom stereocenters. The monoisotopic (exact) mass is 494 g/mol. The van der Waals surface area contributed by atoms with E-state index in [0.717, 1.165) is 5.56 Å². The number of ether oxygens (including phenoxy) is 1. The van der Waals surface area contributed by atoms with Crippen LogP contribution >= 0.6 is 11.6 Å². The van der Waals surface area contributed by atoms with E-state index in [1.165, 1.54) is 18.0 Å². The van der Waals surface area contributed by atoms with Crippen LogP contribution < -0.4 is 9.46 Å². The summed E-state index contributed by atoms with van der Waals surface area (Å²) < 4.78 is 32.4. The molecule has 1 heterocycles. The second-order valence-electron chi connectivity index (χ2n) is 7.76. The molecule has 8 nitrogen and oxygen atoms in total. The van der Waals surface area contributed by atoms with E-state index in [1.807, 2.05) is 18.2 Å². The van der Waals surface area contributed by atoms with Crippen molar-refractivity contribution >= 4 is 33.5 Å². The van der Waals surface area contributed by atoms with Crippen molar-refractivity contribution in [3.05, 3.63) is 58.1 Å². The van der Waals surface area contributed by atoms with Crippen LogP contribution in [0.15, 0.2) is 41.3 Å². The molecule has 0 bridgehead atoms. The van der Waals surface area contributed by atoms with Gasteiger partial charge in [-0.25, -0.2) is 17.9 Å². The Morgan fingerprint density at radius 1 is 1.18 bits per heavy atom. The number of benzene rings is 2. The summed E-state index contributed by atoms with van der Waals surface area (Å²) in [6.07, 6.45) is 1.21. The number of hydrogen-bond donors (Lipinski definition) is 2. The van der Waals surface area contributed by atoms with Gasteiger partial charge in [-0.3, -0.25) is 4.79 Å². The highest BCUT2D eigenvalue weighted by atomic mass is 35.5. The summed E-state index contributed by atoms with van der Waals surface area (Å²) in [5.74, 6) is 0.117. The number of amides is 1. The number of carbonyl (C=O) groups excluding carboxylic acids is 1. The molecule has 2 aromatic rings. The van der Waals surface area contributed by atoms with Crippen molar-refractivity contribution in [1.29, 1.82) is 0 Å². The van der Waals surface area contributed by atoms with Crippen molar-refractivity contribution in [3.63, 3.8) is 0 Å². The molecular formula is C23H27ClN2O6S. The standard InChI is InChI=1S/C23H27ClN2O6S/c1-25-33(30,31)21-15-18(14-17-10-13-32-22(17)21)20(27)8-4-5-11-26(23(28)29)12-9-16-6-2-3-7-19(16)24/h2-3,6-7,14-15,25H,4-5,8-13H2,1H3,(H,28,29). The summed E-state index contributed by atoms with van der Waals surface area (Å²) in [5.41, 5.74) is 1.90. The number of hydrogen-bond acceptors (Lipinski definition) is 5. The quantitative estimate of drug-likeness (QED) is 0.363. The molecular weight excluding hydrogens is 468 g/mol. The van der Waals surface area contributed by atoms with Crippen molar-refractivity contribution in [2.75, 3.05) is 26.7 Å². The highest BCUT2D eigenvalue weighted by molar-refractivity contribution is 7.89. The third kappa shape index (κ3) is 6.25. The van der Waals surface area contributed by atoms with Gasteiger partial charge in [0.05, 0.1) is 6.61 Å². The van der Waals surface area contributed by atoms with E-state index < -0.39 is 16.1 Å². The van der Waals surface area contributed by atoms with Gasteiger partial charge in [0.1, 0.15) is 10.6 Å². The predicted octanol–water partition coefficient (Wildman–Crippen LogP) is 3.76. The molecule has 2 N–H and O–H groups in total. The minimum Gasteiger partial charge on any atom is -0.492 e. The first-order valence-corrected chi connectivity index (χ1v) is 12.6. The van der Waals surface area contributed by atoms with Gasteiger partial charge in [0.15, 0.2) is 5.78 Å². The predicted molar refractivity (Wildman–Crippen MR) is 125 cm³/mol. The minimum absolute atomic E-state index is 0.0278. The van der Waals surface area contributed by atoms with Crippen molar-refractivity contribution in [3.8, 4) is 5.75 Å². The number of sulfonamides is 1. The minimum atomic E-state index is -3.77. The number of ketones is 1. The maximum Gasteiger partial charge on any atom is 0.407 e. The van der Waals surface area contributed by atoms with Gasteiger partial charge < -0.3 is 14.7 Å². The van der Waals surface area contributed by atoms with E-state index in [1.54, 1.807) is 12.1 Å². The molecule has 3 rings (SSSR count). The number of fused-ring (bicyclic) bond motifs is 1. The van der Waals surface area contributed by atoms with Crippen LogP contribution in [0.3, 0.4) is 0 Å². The number of unbranched alkanes of at least 4 members (excludes halogenated alkanes) is 1. The maximum absolute atomic E-state index is 12.7. The molecule has 0 radical (unpaired) electrons. The topological polar surface area (TPSA) is 113 Å². The van der Waals surface area contributed by atoms with Gasteiger partial charge >= 0.3 is 6.09 Å². The second-order valence-corrected chi connectivity index (χ2v) is 10.0. The second kappa shape index (κ2) is 11.0. The SMILES string of the molecule is CNS(=O)(=O)c1cc(C(=O)CCCCN(CCc2ccccc2Cl)C(=O)O)cc2c1OCC2. The highest BCUT2D eigenvalue weighted by Gasteiger charge is 2.27. The lowest BCUT2D eigenvalue weighted by molar-refractivity contribution is 0.0977. The lowest BCUT2D eigenvalue weighted by Gasteiger charge is -2.19. The number of Topliss-reactive ketones (excluding diaryl/α,β-unsaturated/α-hetero) is 1. The molecule has 0 saturated carbocycles. The van der Waals surface area contributed by atoms with E-state index in [-0.39, 0.29) is 17.1 Å². The lowest BCUT2D eigenvalue weighted by atomic mass is 10.0. The van der Waals surface area contributed by atoms with Crippen LogP contribution in [0.2, 0.25) is 5.02 Å². The normalized spacial score (nSPS) is 12.8. The summed E-state index contributed by atoms with van der Waals surface area (Å²) >= 11 is 6.14. The van der Waals surface area contributed by atoms with Crippen LogP contribution in [0, 0.1) is 0 Å². The summed E-state index contributed by atoms with van der Waals surface area (Å²) in [4.78, 5) is 25.6. The molecule has 0 saturated heterocycles. The fourth-order valence-electron chi connectivity index (χ4n) is 3.74. The first kappa shape index (κ1) is 25.0. The van der Waals surface area contributed by atoms with Crippen molar-refractivity contribution in [2.24, 2.45) is 0 Å². The first-order chi connectivity index (χ1) is 15.7. The van der Waals surface area contributed by atoms with E-state index in [9.17, 15) is 23.1 Å². The molecule has 1 aliphatic rings. The zero-order valence-electron chi connectivity index (χ0n) is 18.3. The van der Waals surface area contributed by atoms with Crippen LogP contribution in [0.5, 0.6) is 5.75 Å². The zero-order chi connectivity index (χ0) is 24.0. The molecule has 33 heavy (non-hydrogen) atoms. The van der Waals surface area contributed by atoms with Gasteiger partial charge in [0.2, 0.25) is 10.0 Å². The number of rotatable bonds is 11. The van der Waals surface area contributed by atoms with Crippen LogP contribution in [-0.4, -0.2) is 57.0 Å². The number of nitrogens with one attached hydrogen (secondary N) is 1. The summed E-state index contributed by atoms with van der Waals surface area (Å²) in [5, 5.41) is 10.1. The Morgan fingerprint density at radius 3 is 2.64 bits per heavy atom. The van der Waals surface area contributed by atoms with Crippen molar-refractivity contribution in [1.82, 2.24) is 9.62 Å². The molecule has 0 unspecified atom stereocenters. The number of carbonyl (C=O) groups is 2. The highest BCUT2D eigenvalue weighted by Crippen LogP contribution is 2.34. The van der Waals surface area contributed by atoms with Crippen molar-refractivity contribution < 1.29 is 27.9 Å². The van der Waals surface area contributed by atoms with Crippen LogP contribution in [-0.2, 0) is 22.9 Å². The third-order valence-electron chi connectivity index (χ3n) is 5.59. The molecule has 1 aliphatic heterocycles. The molecule has 178 valence electrons. The average Bonchev–Trinajstić information content (AvgIpc) is 3.27. The number of halogens is 1. The van der Waals surface area contributed by atoms with Gasteiger partial charge in [-0.1, -0.05) is 29.8 Å². The smallest absolute Gasteiger partial charge is 0.407 e. The van der Waals surface area contributed by atoms with Crippen LogP contribution in [0.25, 0.3) is 0 Å². The fourth-order valence-corrected chi connectivity index (χ4v) is 4.90. The van der Waals surface area contributed by atoms with E-state index in [4.69, 9.17) is 16.3 Å². The average molecular weight is 495 g/mol. The van der Waals surface area contributed by atoms with Crippen LogP contribution in [0.4, 0.5) is 4.79 Å². The third-order valence-corrected chi connectivity index (χ3v) is 7.38. The van der Waals surface area contributed by atoms with Crippen molar-refractivity contribution in [2.45, 2.75) is 37.0 Å². The molecule has 1 amide bonds. The molecule has 0 aliphatic carbocycles. The van der Waals surface area contributed by atoms with Gasteiger partial charge in [-0.05, 0) is 55.6 Å². The van der Waals surface area contributed by atoms with Gasteiger partial charge in [0, 0.05) is 36.5 Å². The summed E-state index contributed by atoms with van der Waals surface area (Å²) in [7, 11) is -2.46. The Kier molecular flexibility index (Phi) is 8.34. The summed E-state index contributed by atoms with van der Waals surface area (Å²) in [6.45, 7) is 0.978. The molecule has 0 spiro atoms. The largest absolute Gasteiger partial charge is 0.492 e. The van der Waals surface area contributed by atoms with Gasteiger partial charge in [0.25, 0.3) is 0 Å².